The molecule has 0 aromatic carbocycles. The van der Waals surface area contributed by atoms with Crippen molar-refractivity contribution in [3.8, 4) is 0 Å². The van der Waals surface area contributed by atoms with Crippen molar-refractivity contribution in [1.82, 2.24) is 15.5 Å². The summed E-state index contributed by atoms with van der Waals surface area (Å²) < 4.78 is 37.9. The van der Waals surface area contributed by atoms with E-state index < -0.39 is 11.9 Å². The SMILES string of the molecule is Cc1cc(C(F)(F)F)nnc1N1CCC2(CCNCC2)C1. The van der Waals surface area contributed by atoms with Crippen LogP contribution >= 0.6 is 0 Å². The summed E-state index contributed by atoms with van der Waals surface area (Å²) in [5.74, 6) is 0.596. The van der Waals surface area contributed by atoms with Crippen molar-refractivity contribution in [1.29, 1.82) is 0 Å². The molecular formula is C14H19F3N4. The fraction of sp³-hybridized carbons (Fsp3) is 0.714. The van der Waals surface area contributed by atoms with E-state index in [0.29, 0.717) is 16.8 Å². The Morgan fingerprint density at radius 1 is 1.19 bits per heavy atom. The zero-order valence-electron chi connectivity index (χ0n) is 12.0. The van der Waals surface area contributed by atoms with Gasteiger partial charge < -0.3 is 10.2 Å². The number of hydrogen-bond donors (Lipinski definition) is 1. The Bertz CT molecular complexity index is 523. The highest BCUT2D eigenvalue weighted by molar-refractivity contribution is 5.47. The molecule has 2 aliphatic heterocycles. The molecule has 0 unspecified atom stereocenters. The number of nitrogens with one attached hydrogen (secondary N) is 1. The molecule has 7 heteroatoms. The number of nitrogens with zero attached hydrogens (tertiary/aromatic N) is 3. The molecule has 0 atom stereocenters. The molecule has 2 aliphatic rings. The highest BCUT2D eigenvalue weighted by Crippen LogP contribution is 2.40. The normalized spacial score (nSPS) is 22.0. The predicted molar refractivity (Wildman–Crippen MR) is 73.1 cm³/mol. The van der Waals surface area contributed by atoms with Gasteiger partial charge in [-0.05, 0) is 56.3 Å². The van der Waals surface area contributed by atoms with Gasteiger partial charge in [0.2, 0.25) is 0 Å². The van der Waals surface area contributed by atoms with E-state index in [4.69, 9.17) is 0 Å². The number of rotatable bonds is 1. The van der Waals surface area contributed by atoms with E-state index in [9.17, 15) is 13.2 Å². The Morgan fingerprint density at radius 3 is 2.52 bits per heavy atom. The Labute approximate surface area is 121 Å². The molecule has 0 aliphatic carbocycles. The van der Waals surface area contributed by atoms with Crippen molar-refractivity contribution >= 4 is 5.82 Å². The molecule has 0 saturated carbocycles. The lowest BCUT2D eigenvalue weighted by atomic mass is 9.78. The second-order valence-electron chi connectivity index (χ2n) is 6.16. The third kappa shape index (κ3) is 2.84. The molecule has 0 bridgehead atoms. The van der Waals surface area contributed by atoms with Gasteiger partial charge in [0.1, 0.15) is 0 Å². The first-order valence-electron chi connectivity index (χ1n) is 7.27. The van der Waals surface area contributed by atoms with Crippen LogP contribution in [0.15, 0.2) is 6.07 Å². The number of hydrogen-bond acceptors (Lipinski definition) is 4. The van der Waals surface area contributed by atoms with Crippen LogP contribution in [0.1, 0.15) is 30.5 Å². The van der Waals surface area contributed by atoms with E-state index in [1.165, 1.54) is 0 Å². The molecule has 4 nitrogen and oxygen atoms in total. The number of aryl methyl sites for hydroxylation is 1. The quantitative estimate of drug-likeness (QED) is 0.864. The molecule has 2 saturated heterocycles. The minimum atomic E-state index is -4.43. The van der Waals surface area contributed by atoms with Gasteiger partial charge in [-0.2, -0.15) is 13.2 Å². The lowest BCUT2D eigenvalue weighted by molar-refractivity contribution is -0.141. The molecule has 1 N–H and O–H groups in total. The van der Waals surface area contributed by atoms with Crippen LogP contribution in [0, 0.1) is 12.3 Å². The van der Waals surface area contributed by atoms with E-state index in [1.54, 1.807) is 6.92 Å². The zero-order valence-corrected chi connectivity index (χ0v) is 12.0. The van der Waals surface area contributed by atoms with Gasteiger partial charge in [0.25, 0.3) is 0 Å². The van der Waals surface area contributed by atoms with Gasteiger partial charge in [0.05, 0.1) is 0 Å². The van der Waals surface area contributed by atoms with Crippen molar-refractivity contribution in [2.75, 3.05) is 31.1 Å². The Morgan fingerprint density at radius 2 is 1.90 bits per heavy atom. The van der Waals surface area contributed by atoms with E-state index in [-0.39, 0.29) is 0 Å². The summed E-state index contributed by atoms with van der Waals surface area (Å²) in [6, 6.07) is 1.09. The second kappa shape index (κ2) is 5.12. The zero-order chi connectivity index (χ0) is 15.1. The summed E-state index contributed by atoms with van der Waals surface area (Å²) in [6.45, 7) is 5.43. The largest absolute Gasteiger partial charge is 0.435 e. The van der Waals surface area contributed by atoms with Gasteiger partial charge in [0, 0.05) is 13.1 Å². The number of aromatic nitrogens is 2. The molecule has 116 valence electrons. The van der Waals surface area contributed by atoms with E-state index in [2.05, 4.69) is 20.4 Å². The smallest absolute Gasteiger partial charge is 0.354 e. The monoisotopic (exact) mass is 300 g/mol. The van der Waals surface area contributed by atoms with Gasteiger partial charge in [-0.25, -0.2) is 0 Å². The molecule has 3 heterocycles. The molecule has 1 spiro atoms. The summed E-state index contributed by atoms with van der Waals surface area (Å²) >= 11 is 0. The molecule has 0 radical (unpaired) electrons. The molecule has 21 heavy (non-hydrogen) atoms. The second-order valence-corrected chi connectivity index (χ2v) is 6.16. The highest BCUT2D eigenvalue weighted by Gasteiger charge is 2.40. The highest BCUT2D eigenvalue weighted by atomic mass is 19.4. The lowest BCUT2D eigenvalue weighted by Gasteiger charge is -2.34. The van der Waals surface area contributed by atoms with Crippen LogP contribution < -0.4 is 10.2 Å². The van der Waals surface area contributed by atoms with Gasteiger partial charge in [-0.1, -0.05) is 0 Å². The standard InChI is InChI=1S/C14H19F3N4/c1-10-8-11(14(15,16)17)19-20-12(10)21-7-4-13(9-21)2-5-18-6-3-13/h8,18H,2-7,9H2,1H3. The van der Waals surface area contributed by atoms with Gasteiger partial charge in [0.15, 0.2) is 11.5 Å². The molecule has 2 fully saturated rings. The van der Waals surface area contributed by atoms with Crippen LogP contribution in [0.2, 0.25) is 0 Å². The minimum Gasteiger partial charge on any atom is -0.354 e. The van der Waals surface area contributed by atoms with E-state index >= 15 is 0 Å². The third-order valence-electron chi connectivity index (χ3n) is 4.65. The van der Waals surface area contributed by atoms with E-state index in [1.807, 2.05) is 0 Å². The maximum absolute atomic E-state index is 12.6. The summed E-state index contributed by atoms with van der Waals surface area (Å²) in [5.41, 5.74) is -0.0787. The van der Waals surface area contributed by atoms with E-state index in [0.717, 1.165) is 51.5 Å². The number of piperidine rings is 1. The van der Waals surface area contributed by atoms with Crippen LogP contribution in [-0.2, 0) is 6.18 Å². The van der Waals surface area contributed by atoms with Crippen molar-refractivity contribution in [3.63, 3.8) is 0 Å². The maximum atomic E-state index is 12.6. The minimum absolute atomic E-state index is 0.294. The molecule has 1 aromatic heterocycles. The van der Waals surface area contributed by atoms with Crippen LogP contribution in [-0.4, -0.2) is 36.4 Å². The van der Waals surface area contributed by atoms with Crippen LogP contribution in [0.5, 0.6) is 0 Å². The predicted octanol–water partition coefficient (Wildman–Crippen LogP) is 2.38. The van der Waals surface area contributed by atoms with Gasteiger partial charge in [-0.15, -0.1) is 10.2 Å². The number of alkyl halides is 3. The molecule has 1 aromatic rings. The van der Waals surface area contributed by atoms with Crippen molar-refractivity contribution < 1.29 is 13.2 Å². The summed E-state index contributed by atoms with van der Waals surface area (Å²) in [7, 11) is 0. The van der Waals surface area contributed by atoms with Crippen molar-refractivity contribution in [2.45, 2.75) is 32.4 Å². The fourth-order valence-corrected chi connectivity index (χ4v) is 3.41. The summed E-state index contributed by atoms with van der Waals surface area (Å²) in [5, 5.41) is 10.6. The van der Waals surface area contributed by atoms with Crippen LogP contribution in [0.4, 0.5) is 19.0 Å². The first-order valence-corrected chi connectivity index (χ1v) is 7.27. The third-order valence-corrected chi connectivity index (χ3v) is 4.65. The van der Waals surface area contributed by atoms with Crippen molar-refractivity contribution in [3.05, 3.63) is 17.3 Å². The van der Waals surface area contributed by atoms with Crippen molar-refractivity contribution in [2.24, 2.45) is 5.41 Å². The summed E-state index contributed by atoms with van der Waals surface area (Å²) in [4.78, 5) is 2.09. The average molecular weight is 300 g/mol. The molecule has 3 rings (SSSR count). The number of halogens is 3. The Kier molecular flexibility index (Phi) is 3.55. The lowest BCUT2D eigenvalue weighted by Crippen LogP contribution is -2.39. The molecular weight excluding hydrogens is 281 g/mol. The average Bonchev–Trinajstić information content (AvgIpc) is 2.82. The van der Waals surface area contributed by atoms with Crippen LogP contribution in [0.25, 0.3) is 0 Å². The van der Waals surface area contributed by atoms with Gasteiger partial charge in [-0.3, -0.25) is 0 Å². The first kappa shape index (κ1) is 14.6. The topological polar surface area (TPSA) is 41.1 Å². The molecule has 0 amide bonds. The fourth-order valence-electron chi connectivity index (χ4n) is 3.41. The number of anilines is 1. The first-order chi connectivity index (χ1) is 9.90. The Balaban J connectivity index is 1.79. The van der Waals surface area contributed by atoms with Gasteiger partial charge >= 0.3 is 6.18 Å². The summed E-state index contributed by atoms with van der Waals surface area (Å²) in [6.07, 6.45) is -1.11. The maximum Gasteiger partial charge on any atom is 0.435 e. The van der Waals surface area contributed by atoms with Crippen LogP contribution in [0.3, 0.4) is 0 Å². The Hall–Kier alpha value is -1.37.